The van der Waals surface area contributed by atoms with Crippen LogP contribution in [-0.2, 0) is 21.2 Å². The monoisotopic (exact) mass is 469 g/mol. The number of carboxylic acid groups (broad SMARTS) is 1. The van der Waals surface area contributed by atoms with Gasteiger partial charge in [-0.3, -0.25) is 4.79 Å². The van der Waals surface area contributed by atoms with Crippen molar-refractivity contribution in [1.82, 2.24) is 3.97 Å². The lowest BCUT2D eigenvalue weighted by Crippen LogP contribution is -2.14. The van der Waals surface area contributed by atoms with E-state index >= 15 is 0 Å². The van der Waals surface area contributed by atoms with Crippen molar-refractivity contribution < 1.29 is 23.1 Å². The lowest BCUT2D eigenvalue weighted by atomic mass is 10.1. The molecule has 1 aromatic heterocycles. The Morgan fingerprint density at radius 2 is 1.81 bits per heavy atom. The molecule has 164 valence electrons. The highest BCUT2D eigenvalue weighted by Gasteiger charge is 2.28. The summed E-state index contributed by atoms with van der Waals surface area (Å²) in [5, 5.41) is 10.1. The minimum absolute atomic E-state index is 0.0327. The van der Waals surface area contributed by atoms with E-state index in [4.69, 9.17) is 21.4 Å². The van der Waals surface area contributed by atoms with Crippen LogP contribution in [0.4, 0.5) is 0 Å². The molecule has 0 amide bonds. The third-order valence-corrected chi connectivity index (χ3v) is 7.22. The minimum Gasteiger partial charge on any atom is -0.495 e. The van der Waals surface area contributed by atoms with Crippen LogP contribution in [0.3, 0.4) is 0 Å². The number of aryl methyl sites for hydroxylation is 1. The Kier molecular flexibility index (Phi) is 5.95. The second kappa shape index (κ2) is 8.68. The Morgan fingerprint density at radius 1 is 1.06 bits per heavy atom. The number of halogens is 1. The maximum absolute atomic E-state index is 14.0. The van der Waals surface area contributed by atoms with Gasteiger partial charge in [0.05, 0.1) is 12.6 Å². The summed E-state index contributed by atoms with van der Waals surface area (Å²) < 4.78 is 34.6. The van der Waals surface area contributed by atoms with Gasteiger partial charge >= 0.3 is 5.97 Å². The standard InChI is InChI=1S/C24H20ClNO5S/c1-31-22-9-5-8-19(16-6-3-2-4-7-16)24(22)32(29,30)26-15-17(10-13-23(27)28)20-14-18(25)11-12-21(20)26/h2-9,11-12,14-15H,10,13H2,1H3,(H,27,28). The van der Waals surface area contributed by atoms with Crippen molar-refractivity contribution >= 4 is 38.5 Å². The summed E-state index contributed by atoms with van der Waals surface area (Å²) in [6.45, 7) is 0. The topological polar surface area (TPSA) is 85.6 Å². The Hall–Kier alpha value is -3.29. The summed E-state index contributed by atoms with van der Waals surface area (Å²) in [5.41, 5.74) is 2.24. The molecule has 1 N–H and O–H groups in total. The first kappa shape index (κ1) is 21.9. The highest BCUT2D eigenvalue weighted by molar-refractivity contribution is 7.90. The number of carbonyl (C=O) groups is 1. The van der Waals surface area contributed by atoms with Crippen LogP contribution in [0, 0.1) is 0 Å². The van der Waals surface area contributed by atoms with Gasteiger partial charge in [0.25, 0.3) is 10.0 Å². The van der Waals surface area contributed by atoms with E-state index < -0.39 is 16.0 Å². The molecule has 0 spiro atoms. The van der Waals surface area contributed by atoms with Crippen LogP contribution >= 0.6 is 11.6 Å². The third kappa shape index (κ3) is 3.97. The van der Waals surface area contributed by atoms with Gasteiger partial charge < -0.3 is 9.84 Å². The first-order valence-corrected chi connectivity index (χ1v) is 11.6. The summed E-state index contributed by atoms with van der Waals surface area (Å²) >= 11 is 6.15. The van der Waals surface area contributed by atoms with Crippen LogP contribution in [0.1, 0.15) is 12.0 Å². The zero-order valence-electron chi connectivity index (χ0n) is 17.2. The number of benzene rings is 3. The van der Waals surface area contributed by atoms with Gasteiger partial charge in [-0.15, -0.1) is 0 Å². The second-order valence-corrected chi connectivity index (χ2v) is 9.40. The molecule has 0 saturated carbocycles. The van der Waals surface area contributed by atoms with Crippen molar-refractivity contribution in [2.45, 2.75) is 17.7 Å². The number of hydrogen-bond acceptors (Lipinski definition) is 4. The van der Waals surface area contributed by atoms with E-state index in [1.807, 2.05) is 30.3 Å². The number of carboxylic acids is 1. The fraction of sp³-hybridized carbons (Fsp3) is 0.125. The summed E-state index contributed by atoms with van der Waals surface area (Å²) in [5.74, 6) is -0.749. The molecule has 6 nitrogen and oxygen atoms in total. The Balaban J connectivity index is 1.98. The van der Waals surface area contributed by atoms with E-state index in [2.05, 4.69) is 0 Å². The highest BCUT2D eigenvalue weighted by Crippen LogP contribution is 2.38. The lowest BCUT2D eigenvalue weighted by molar-refractivity contribution is -0.136. The molecule has 3 aromatic carbocycles. The molecule has 1 heterocycles. The normalized spacial score (nSPS) is 11.6. The van der Waals surface area contributed by atoms with Gasteiger partial charge in [-0.2, -0.15) is 0 Å². The predicted molar refractivity (Wildman–Crippen MR) is 124 cm³/mol. The van der Waals surface area contributed by atoms with E-state index in [1.165, 1.54) is 17.3 Å². The van der Waals surface area contributed by atoms with Gasteiger partial charge in [-0.05, 0) is 41.8 Å². The summed E-state index contributed by atoms with van der Waals surface area (Å²) in [6, 6.07) is 19.2. The maximum Gasteiger partial charge on any atom is 0.303 e. The molecule has 0 radical (unpaired) electrons. The fourth-order valence-corrected chi connectivity index (χ4v) is 5.69. The largest absolute Gasteiger partial charge is 0.495 e. The molecule has 0 fully saturated rings. The van der Waals surface area contributed by atoms with Crippen molar-refractivity contribution in [3.8, 4) is 16.9 Å². The van der Waals surface area contributed by atoms with Crippen LogP contribution in [0.5, 0.6) is 5.75 Å². The van der Waals surface area contributed by atoms with E-state index in [9.17, 15) is 13.2 Å². The molecule has 0 aliphatic rings. The molecule has 0 atom stereocenters. The molecule has 4 aromatic rings. The summed E-state index contributed by atoms with van der Waals surface area (Å²) in [4.78, 5) is 11.2. The molecule has 0 aliphatic carbocycles. The number of methoxy groups -OCH3 is 1. The summed E-state index contributed by atoms with van der Waals surface area (Å²) in [7, 11) is -2.69. The molecule has 0 unspecified atom stereocenters. The van der Waals surface area contributed by atoms with Crippen molar-refractivity contribution in [3.05, 3.63) is 83.5 Å². The van der Waals surface area contributed by atoms with Crippen LogP contribution in [0.2, 0.25) is 5.02 Å². The van der Waals surface area contributed by atoms with Crippen LogP contribution < -0.4 is 4.74 Å². The number of nitrogens with zero attached hydrogens (tertiary/aromatic N) is 1. The van der Waals surface area contributed by atoms with Crippen molar-refractivity contribution in [3.63, 3.8) is 0 Å². The van der Waals surface area contributed by atoms with Gasteiger partial charge in [0.15, 0.2) is 0 Å². The molecule has 32 heavy (non-hydrogen) atoms. The van der Waals surface area contributed by atoms with E-state index in [-0.39, 0.29) is 23.5 Å². The van der Waals surface area contributed by atoms with Crippen molar-refractivity contribution in [2.75, 3.05) is 7.11 Å². The van der Waals surface area contributed by atoms with Gasteiger partial charge in [-0.25, -0.2) is 12.4 Å². The maximum atomic E-state index is 14.0. The van der Waals surface area contributed by atoms with Gasteiger partial charge in [0.1, 0.15) is 10.6 Å². The SMILES string of the molecule is COc1cccc(-c2ccccc2)c1S(=O)(=O)n1cc(CCC(=O)O)c2cc(Cl)ccc21. The molecule has 8 heteroatoms. The average molecular weight is 470 g/mol. The second-order valence-electron chi connectivity index (χ2n) is 7.21. The zero-order chi connectivity index (χ0) is 22.9. The van der Waals surface area contributed by atoms with E-state index in [0.717, 1.165) is 5.56 Å². The van der Waals surface area contributed by atoms with Crippen molar-refractivity contribution in [2.24, 2.45) is 0 Å². The van der Waals surface area contributed by atoms with Crippen molar-refractivity contribution in [1.29, 1.82) is 0 Å². The molecular formula is C24H20ClNO5S. The highest BCUT2D eigenvalue weighted by atomic mass is 35.5. The number of fused-ring (bicyclic) bond motifs is 1. The number of ether oxygens (including phenoxy) is 1. The molecule has 0 saturated heterocycles. The minimum atomic E-state index is -4.12. The van der Waals surface area contributed by atoms with Gasteiger partial charge in [0.2, 0.25) is 0 Å². The fourth-order valence-electron chi connectivity index (χ4n) is 3.76. The molecule has 0 aliphatic heterocycles. The summed E-state index contributed by atoms with van der Waals surface area (Å²) in [6.07, 6.45) is 1.52. The smallest absolute Gasteiger partial charge is 0.303 e. The average Bonchev–Trinajstić information content (AvgIpc) is 3.16. The number of aliphatic carboxylic acids is 1. The Bertz CT molecular complexity index is 1410. The van der Waals surface area contributed by atoms with Gasteiger partial charge in [0, 0.05) is 28.6 Å². The number of aromatic nitrogens is 1. The quantitative estimate of drug-likeness (QED) is 0.401. The number of rotatable bonds is 7. The third-order valence-electron chi connectivity index (χ3n) is 5.22. The molecule has 0 bridgehead atoms. The molecular weight excluding hydrogens is 450 g/mol. The van der Waals surface area contributed by atoms with Crippen LogP contribution in [0.25, 0.3) is 22.0 Å². The first-order chi connectivity index (χ1) is 15.3. The predicted octanol–water partition coefficient (Wildman–Crippen LogP) is 5.22. The van der Waals surface area contributed by atoms with Crippen LogP contribution in [-0.4, -0.2) is 30.6 Å². The van der Waals surface area contributed by atoms with Gasteiger partial charge in [-0.1, -0.05) is 54.1 Å². The zero-order valence-corrected chi connectivity index (χ0v) is 18.7. The Labute approximate surface area is 190 Å². The molecule has 4 rings (SSSR count). The van der Waals surface area contributed by atoms with E-state index in [0.29, 0.717) is 27.1 Å². The Morgan fingerprint density at radius 3 is 2.50 bits per heavy atom. The number of hydrogen-bond donors (Lipinski definition) is 1. The first-order valence-electron chi connectivity index (χ1n) is 9.82. The van der Waals surface area contributed by atoms with Crippen LogP contribution in [0.15, 0.2) is 77.8 Å². The van der Waals surface area contributed by atoms with E-state index in [1.54, 1.807) is 36.4 Å². The lowest BCUT2D eigenvalue weighted by Gasteiger charge is -2.16.